The number of hydrogen-bond acceptors (Lipinski definition) is 6. The number of benzene rings is 2. The monoisotopic (exact) mass is 411 g/mol. The predicted molar refractivity (Wildman–Crippen MR) is 97.3 cm³/mol. The Morgan fingerprint density at radius 3 is 2.43 bits per heavy atom. The van der Waals surface area contributed by atoms with Crippen LogP contribution in [-0.2, 0) is 9.84 Å². The molecule has 2 N–H and O–H groups in total. The fourth-order valence-corrected chi connectivity index (χ4v) is 3.39. The second-order valence-corrected chi connectivity index (χ2v) is 8.05. The number of para-hydroxylation sites is 1. The van der Waals surface area contributed by atoms with E-state index in [1.807, 2.05) is 0 Å². The van der Waals surface area contributed by atoms with Gasteiger partial charge in [0.25, 0.3) is 11.6 Å². The van der Waals surface area contributed by atoms with Crippen LogP contribution < -0.4 is 10.6 Å². The van der Waals surface area contributed by atoms with Gasteiger partial charge in [0.1, 0.15) is 5.69 Å². The number of carbonyl (C=O) groups is 1. The lowest BCUT2D eigenvalue weighted by atomic mass is 10.1. The maximum Gasteiger partial charge on any atom is 0.341 e. The van der Waals surface area contributed by atoms with Crippen molar-refractivity contribution in [3.05, 3.63) is 58.1 Å². The largest absolute Gasteiger partial charge is 0.377 e. The van der Waals surface area contributed by atoms with Crippen molar-refractivity contribution >= 4 is 32.8 Å². The van der Waals surface area contributed by atoms with Crippen LogP contribution in [0.15, 0.2) is 47.4 Å². The molecule has 1 aliphatic carbocycles. The molecule has 0 bridgehead atoms. The number of nitro groups is 1. The number of halogens is 2. The standard InChI is InChI=1S/C17H15F2N3O5S/c18-17(19)28(26,27)15-4-2-1-3-13(15)21-16(23)10-5-8-12(20-11-6-7-11)14(9-10)22(24)25/h1-5,8-9,11,17,20H,6-7H2,(H,21,23). The van der Waals surface area contributed by atoms with Crippen molar-refractivity contribution in [2.75, 3.05) is 10.6 Å². The highest BCUT2D eigenvalue weighted by Crippen LogP contribution is 2.32. The summed E-state index contributed by atoms with van der Waals surface area (Å²) in [7, 11) is -4.94. The van der Waals surface area contributed by atoms with Crippen LogP contribution in [0.3, 0.4) is 0 Å². The smallest absolute Gasteiger partial charge is 0.341 e. The molecule has 1 amide bonds. The van der Waals surface area contributed by atoms with Crippen molar-refractivity contribution in [2.24, 2.45) is 0 Å². The van der Waals surface area contributed by atoms with E-state index in [1.54, 1.807) is 0 Å². The third-order valence-electron chi connectivity index (χ3n) is 4.07. The van der Waals surface area contributed by atoms with E-state index in [4.69, 9.17) is 0 Å². The van der Waals surface area contributed by atoms with Gasteiger partial charge in [0.05, 0.1) is 15.5 Å². The summed E-state index contributed by atoms with van der Waals surface area (Å²) >= 11 is 0. The summed E-state index contributed by atoms with van der Waals surface area (Å²) in [5, 5.41) is 16.5. The third-order valence-corrected chi connectivity index (χ3v) is 5.51. The molecule has 0 atom stereocenters. The first-order chi connectivity index (χ1) is 13.2. The van der Waals surface area contributed by atoms with E-state index in [0.717, 1.165) is 31.0 Å². The number of anilines is 2. The van der Waals surface area contributed by atoms with E-state index < -0.39 is 31.3 Å². The summed E-state index contributed by atoms with van der Waals surface area (Å²) in [6.07, 6.45) is 1.80. The number of nitrogens with zero attached hydrogens (tertiary/aromatic N) is 1. The molecule has 2 aromatic rings. The van der Waals surface area contributed by atoms with E-state index in [1.165, 1.54) is 24.3 Å². The summed E-state index contributed by atoms with van der Waals surface area (Å²) in [5.41, 5.74) is -0.495. The van der Waals surface area contributed by atoms with Gasteiger partial charge in [-0.3, -0.25) is 14.9 Å². The van der Waals surface area contributed by atoms with Crippen LogP contribution >= 0.6 is 0 Å². The predicted octanol–water partition coefficient (Wildman–Crippen LogP) is 3.42. The number of carbonyl (C=O) groups excluding carboxylic acids is 1. The molecule has 8 nitrogen and oxygen atoms in total. The van der Waals surface area contributed by atoms with Gasteiger partial charge in [-0.25, -0.2) is 8.42 Å². The second-order valence-electron chi connectivity index (χ2n) is 6.16. The first-order valence-corrected chi connectivity index (χ1v) is 9.72. The van der Waals surface area contributed by atoms with Crippen molar-refractivity contribution in [3.63, 3.8) is 0 Å². The minimum atomic E-state index is -4.94. The van der Waals surface area contributed by atoms with Crippen LogP contribution in [0.1, 0.15) is 23.2 Å². The molecule has 28 heavy (non-hydrogen) atoms. The van der Waals surface area contributed by atoms with Gasteiger partial charge < -0.3 is 10.6 Å². The van der Waals surface area contributed by atoms with Gasteiger partial charge in [-0.05, 0) is 37.1 Å². The van der Waals surface area contributed by atoms with Crippen LogP contribution in [0.25, 0.3) is 0 Å². The molecule has 0 unspecified atom stereocenters. The molecular weight excluding hydrogens is 396 g/mol. The lowest BCUT2D eigenvalue weighted by molar-refractivity contribution is -0.384. The fraction of sp³-hybridized carbons (Fsp3) is 0.235. The molecule has 1 fully saturated rings. The summed E-state index contributed by atoms with van der Waals surface area (Å²) < 4.78 is 49.2. The SMILES string of the molecule is O=C(Nc1ccccc1S(=O)(=O)C(F)F)c1ccc(NC2CC2)c([N+](=O)[O-])c1. The third kappa shape index (κ3) is 4.09. The maximum atomic E-state index is 12.9. The quantitative estimate of drug-likeness (QED) is 0.532. The highest BCUT2D eigenvalue weighted by atomic mass is 32.2. The lowest BCUT2D eigenvalue weighted by Crippen LogP contribution is -2.18. The Bertz CT molecular complexity index is 1040. The van der Waals surface area contributed by atoms with E-state index in [0.29, 0.717) is 0 Å². The molecule has 0 spiro atoms. The highest BCUT2D eigenvalue weighted by Gasteiger charge is 2.30. The molecule has 1 saturated carbocycles. The van der Waals surface area contributed by atoms with Crippen LogP contribution in [-0.4, -0.2) is 31.0 Å². The Labute approximate surface area is 158 Å². The summed E-state index contributed by atoms with van der Waals surface area (Å²) in [4.78, 5) is 22.4. The summed E-state index contributed by atoms with van der Waals surface area (Å²) in [6, 6.07) is 8.63. The topological polar surface area (TPSA) is 118 Å². The Morgan fingerprint density at radius 2 is 1.82 bits per heavy atom. The molecule has 3 rings (SSSR count). The van der Waals surface area contributed by atoms with Gasteiger partial charge in [-0.1, -0.05) is 12.1 Å². The zero-order valence-corrected chi connectivity index (χ0v) is 15.1. The molecule has 2 aromatic carbocycles. The number of nitrogens with one attached hydrogen (secondary N) is 2. The van der Waals surface area contributed by atoms with Gasteiger partial charge in [-0.15, -0.1) is 0 Å². The van der Waals surface area contributed by atoms with E-state index in [-0.39, 0.29) is 28.7 Å². The molecule has 11 heteroatoms. The van der Waals surface area contributed by atoms with Gasteiger partial charge >= 0.3 is 5.76 Å². The summed E-state index contributed by atoms with van der Waals surface area (Å²) in [5.74, 6) is -4.52. The first-order valence-electron chi connectivity index (χ1n) is 8.17. The molecule has 0 heterocycles. The van der Waals surface area contributed by atoms with Crippen LogP contribution in [0.2, 0.25) is 0 Å². The molecular formula is C17H15F2N3O5S. The van der Waals surface area contributed by atoms with Crippen LogP contribution in [0.5, 0.6) is 0 Å². The van der Waals surface area contributed by atoms with Gasteiger partial charge in [-0.2, -0.15) is 8.78 Å². The number of rotatable bonds is 7. The Morgan fingerprint density at radius 1 is 1.14 bits per heavy atom. The number of nitro benzene ring substituents is 1. The normalized spacial score (nSPS) is 14.0. The average molecular weight is 411 g/mol. The highest BCUT2D eigenvalue weighted by molar-refractivity contribution is 7.91. The van der Waals surface area contributed by atoms with E-state index in [9.17, 15) is 32.1 Å². The van der Waals surface area contributed by atoms with Gasteiger partial charge in [0.15, 0.2) is 0 Å². The Kier molecular flexibility index (Phi) is 5.27. The lowest BCUT2D eigenvalue weighted by Gasteiger charge is -2.12. The Hall–Kier alpha value is -3.08. The Balaban J connectivity index is 1.90. The molecule has 0 aromatic heterocycles. The molecule has 1 aliphatic rings. The summed E-state index contributed by atoms with van der Waals surface area (Å²) in [6.45, 7) is 0. The number of alkyl halides is 2. The maximum absolute atomic E-state index is 12.9. The van der Waals surface area contributed by atoms with Crippen molar-refractivity contribution < 1.29 is 26.9 Å². The second kappa shape index (κ2) is 7.50. The minimum absolute atomic E-state index is 0.114. The fourth-order valence-electron chi connectivity index (χ4n) is 2.50. The van der Waals surface area contributed by atoms with E-state index in [2.05, 4.69) is 10.6 Å². The minimum Gasteiger partial charge on any atom is -0.377 e. The number of sulfone groups is 1. The van der Waals surface area contributed by atoms with Crippen molar-refractivity contribution in [1.82, 2.24) is 0 Å². The van der Waals surface area contributed by atoms with Gasteiger partial charge in [0, 0.05) is 17.7 Å². The zero-order valence-electron chi connectivity index (χ0n) is 14.3. The van der Waals surface area contributed by atoms with Crippen molar-refractivity contribution in [2.45, 2.75) is 29.5 Å². The molecule has 0 saturated heterocycles. The van der Waals surface area contributed by atoms with Gasteiger partial charge in [0.2, 0.25) is 9.84 Å². The van der Waals surface area contributed by atoms with Crippen LogP contribution in [0, 0.1) is 10.1 Å². The average Bonchev–Trinajstić information content (AvgIpc) is 3.46. The van der Waals surface area contributed by atoms with E-state index >= 15 is 0 Å². The van der Waals surface area contributed by atoms with Crippen molar-refractivity contribution in [1.29, 1.82) is 0 Å². The first kappa shape index (κ1) is 19.7. The molecule has 148 valence electrons. The molecule has 0 radical (unpaired) electrons. The molecule has 0 aliphatic heterocycles. The van der Waals surface area contributed by atoms with Crippen molar-refractivity contribution in [3.8, 4) is 0 Å². The van der Waals surface area contributed by atoms with Crippen LogP contribution in [0.4, 0.5) is 25.8 Å². The number of amides is 1. The number of hydrogen-bond donors (Lipinski definition) is 2. The zero-order chi connectivity index (χ0) is 20.5.